The molecule has 0 amide bonds. The van der Waals surface area contributed by atoms with Crippen LogP contribution in [0.5, 0.6) is 5.75 Å². The minimum atomic E-state index is 0.218. The van der Waals surface area contributed by atoms with Crippen LogP contribution in [0.4, 0.5) is 0 Å². The molecule has 5 nitrogen and oxygen atoms in total. The van der Waals surface area contributed by atoms with Crippen molar-refractivity contribution < 1.29 is 4.74 Å². The SMILES string of the molecule is CN=C(NCC1CC1)NCC(c1ccccc1OC)N(C)C. The number of rotatable bonds is 7. The number of aliphatic imine (C=N–C) groups is 1. The summed E-state index contributed by atoms with van der Waals surface area (Å²) in [4.78, 5) is 6.49. The third-order valence-corrected chi connectivity index (χ3v) is 4.06. The van der Waals surface area contributed by atoms with Crippen LogP contribution >= 0.6 is 0 Å². The molecule has 2 rings (SSSR count). The quantitative estimate of drug-likeness (QED) is 0.596. The van der Waals surface area contributed by atoms with E-state index in [-0.39, 0.29) is 6.04 Å². The number of para-hydroxylation sites is 1. The maximum Gasteiger partial charge on any atom is 0.191 e. The normalized spacial score (nSPS) is 16.5. The molecule has 0 spiro atoms. The van der Waals surface area contributed by atoms with Crippen LogP contribution < -0.4 is 15.4 Å². The highest BCUT2D eigenvalue weighted by atomic mass is 16.5. The van der Waals surface area contributed by atoms with Gasteiger partial charge < -0.3 is 20.3 Å². The molecule has 122 valence electrons. The Morgan fingerprint density at radius 3 is 2.64 bits per heavy atom. The summed E-state index contributed by atoms with van der Waals surface area (Å²) in [7, 11) is 7.70. The molecule has 1 unspecified atom stereocenters. The molecule has 1 saturated carbocycles. The van der Waals surface area contributed by atoms with Gasteiger partial charge in [-0.05, 0) is 38.9 Å². The Morgan fingerprint density at radius 1 is 1.32 bits per heavy atom. The van der Waals surface area contributed by atoms with E-state index in [1.54, 1.807) is 7.11 Å². The number of hydrogen-bond donors (Lipinski definition) is 2. The predicted molar refractivity (Wildman–Crippen MR) is 91.5 cm³/mol. The van der Waals surface area contributed by atoms with Gasteiger partial charge in [0.25, 0.3) is 0 Å². The van der Waals surface area contributed by atoms with Gasteiger partial charge in [0.15, 0.2) is 5.96 Å². The molecule has 0 aromatic heterocycles. The van der Waals surface area contributed by atoms with Crippen LogP contribution in [0.25, 0.3) is 0 Å². The van der Waals surface area contributed by atoms with Gasteiger partial charge >= 0.3 is 0 Å². The lowest BCUT2D eigenvalue weighted by Crippen LogP contribution is -2.42. The van der Waals surface area contributed by atoms with Crippen molar-refractivity contribution in [3.8, 4) is 5.75 Å². The van der Waals surface area contributed by atoms with Crippen molar-refractivity contribution in [2.75, 3.05) is 41.3 Å². The molecule has 5 heteroatoms. The molecule has 2 N–H and O–H groups in total. The molecule has 1 fully saturated rings. The van der Waals surface area contributed by atoms with Crippen molar-refractivity contribution in [1.29, 1.82) is 0 Å². The summed E-state index contributed by atoms with van der Waals surface area (Å²) in [5.74, 6) is 2.62. The average Bonchev–Trinajstić information content (AvgIpc) is 3.35. The highest BCUT2D eigenvalue weighted by Gasteiger charge is 2.22. The molecule has 0 heterocycles. The highest BCUT2D eigenvalue weighted by molar-refractivity contribution is 5.79. The van der Waals surface area contributed by atoms with Gasteiger partial charge in [0.2, 0.25) is 0 Å². The zero-order valence-corrected chi connectivity index (χ0v) is 14.1. The summed E-state index contributed by atoms with van der Waals surface area (Å²) in [5.41, 5.74) is 1.18. The summed E-state index contributed by atoms with van der Waals surface area (Å²) in [6, 6.07) is 8.39. The smallest absolute Gasteiger partial charge is 0.191 e. The first-order valence-corrected chi connectivity index (χ1v) is 7.89. The minimum absolute atomic E-state index is 0.218. The predicted octanol–water partition coefficient (Wildman–Crippen LogP) is 1.87. The number of likely N-dealkylation sites (N-methyl/N-ethyl adjacent to an activating group) is 1. The Bertz CT molecular complexity index is 497. The number of benzene rings is 1. The van der Waals surface area contributed by atoms with Gasteiger partial charge in [0.05, 0.1) is 13.2 Å². The molecular formula is C17H28N4O. The molecule has 1 aromatic rings. The van der Waals surface area contributed by atoms with E-state index in [0.717, 1.165) is 30.7 Å². The second kappa shape index (κ2) is 8.03. The van der Waals surface area contributed by atoms with Crippen LogP contribution in [0, 0.1) is 5.92 Å². The molecule has 22 heavy (non-hydrogen) atoms. The topological polar surface area (TPSA) is 48.9 Å². The molecule has 0 bridgehead atoms. The number of nitrogens with zero attached hydrogens (tertiary/aromatic N) is 2. The summed E-state index contributed by atoms with van der Waals surface area (Å²) in [6.07, 6.45) is 2.68. The molecule has 1 aromatic carbocycles. The lowest BCUT2D eigenvalue weighted by atomic mass is 10.0. The average molecular weight is 304 g/mol. The Morgan fingerprint density at radius 2 is 2.05 bits per heavy atom. The maximum atomic E-state index is 5.50. The van der Waals surface area contributed by atoms with E-state index in [1.165, 1.54) is 18.4 Å². The second-order valence-corrected chi connectivity index (χ2v) is 6.00. The highest BCUT2D eigenvalue weighted by Crippen LogP contribution is 2.28. The van der Waals surface area contributed by atoms with Crippen molar-refractivity contribution >= 4 is 5.96 Å². The number of guanidine groups is 1. The summed E-state index contributed by atoms with van der Waals surface area (Å²) >= 11 is 0. The summed E-state index contributed by atoms with van der Waals surface area (Å²) < 4.78 is 5.50. The van der Waals surface area contributed by atoms with Crippen LogP contribution in [-0.4, -0.2) is 52.2 Å². The standard InChI is InChI=1S/C17H28N4O/c1-18-17(19-11-13-9-10-13)20-12-15(21(2)3)14-7-5-6-8-16(14)22-4/h5-8,13,15H,9-12H2,1-4H3,(H2,18,19,20). The van der Waals surface area contributed by atoms with E-state index in [1.807, 2.05) is 19.2 Å². The van der Waals surface area contributed by atoms with Crippen LogP contribution in [0.3, 0.4) is 0 Å². The first-order chi connectivity index (χ1) is 10.7. The van der Waals surface area contributed by atoms with E-state index >= 15 is 0 Å². The molecule has 0 saturated heterocycles. The van der Waals surface area contributed by atoms with Crippen molar-refractivity contribution in [3.05, 3.63) is 29.8 Å². The maximum absolute atomic E-state index is 5.50. The van der Waals surface area contributed by atoms with E-state index in [0.29, 0.717) is 0 Å². The van der Waals surface area contributed by atoms with Gasteiger partial charge in [0.1, 0.15) is 5.75 Å². The number of methoxy groups -OCH3 is 1. The number of nitrogens with one attached hydrogen (secondary N) is 2. The fourth-order valence-electron chi connectivity index (χ4n) is 2.49. The summed E-state index contributed by atoms with van der Waals surface area (Å²) in [6.45, 7) is 1.79. The first-order valence-electron chi connectivity index (χ1n) is 7.89. The molecule has 1 aliphatic carbocycles. The lowest BCUT2D eigenvalue weighted by molar-refractivity contribution is 0.287. The van der Waals surface area contributed by atoms with E-state index in [9.17, 15) is 0 Å². The summed E-state index contributed by atoms with van der Waals surface area (Å²) in [5, 5.41) is 6.82. The molecule has 0 radical (unpaired) electrons. The van der Waals surface area contributed by atoms with E-state index < -0.39 is 0 Å². The molecule has 0 aliphatic heterocycles. The largest absolute Gasteiger partial charge is 0.496 e. The Hall–Kier alpha value is -1.75. The van der Waals surface area contributed by atoms with Crippen molar-refractivity contribution in [2.24, 2.45) is 10.9 Å². The third kappa shape index (κ3) is 4.63. The molecular weight excluding hydrogens is 276 g/mol. The third-order valence-electron chi connectivity index (χ3n) is 4.06. The van der Waals surface area contributed by atoms with E-state index in [2.05, 4.69) is 46.8 Å². The van der Waals surface area contributed by atoms with Gasteiger partial charge in [-0.15, -0.1) is 0 Å². The molecule has 1 atom stereocenters. The number of ether oxygens (including phenoxy) is 1. The number of hydrogen-bond acceptors (Lipinski definition) is 3. The van der Waals surface area contributed by atoms with Gasteiger partial charge in [-0.25, -0.2) is 0 Å². The van der Waals surface area contributed by atoms with Crippen molar-refractivity contribution in [1.82, 2.24) is 15.5 Å². The lowest BCUT2D eigenvalue weighted by Gasteiger charge is -2.27. The van der Waals surface area contributed by atoms with Gasteiger partial charge in [-0.1, -0.05) is 18.2 Å². The van der Waals surface area contributed by atoms with Crippen molar-refractivity contribution in [3.63, 3.8) is 0 Å². The van der Waals surface area contributed by atoms with Gasteiger partial charge in [-0.3, -0.25) is 4.99 Å². The molecule has 1 aliphatic rings. The Labute approximate surface area is 133 Å². The monoisotopic (exact) mass is 304 g/mol. The van der Waals surface area contributed by atoms with Gasteiger partial charge in [0, 0.05) is 25.7 Å². The van der Waals surface area contributed by atoms with Crippen LogP contribution in [-0.2, 0) is 0 Å². The van der Waals surface area contributed by atoms with Crippen molar-refractivity contribution in [2.45, 2.75) is 18.9 Å². The van der Waals surface area contributed by atoms with Gasteiger partial charge in [-0.2, -0.15) is 0 Å². The zero-order valence-electron chi connectivity index (χ0n) is 14.1. The van der Waals surface area contributed by atoms with Crippen LogP contribution in [0.15, 0.2) is 29.3 Å². The zero-order chi connectivity index (χ0) is 15.9. The van der Waals surface area contributed by atoms with Crippen LogP contribution in [0.2, 0.25) is 0 Å². The van der Waals surface area contributed by atoms with Crippen LogP contribution in [0.1, 0.15) is 24.4 Å². The fourth-order valence-corrected chi connectivity index (χ4v) is 2.49. The Kier molecular flexibility index (Phi) is 6.07. The Balaban J connectivity index is 1.98. The fraction of sp³-hybridized carbons (Fsp3) is 0.588. The second-order valence-electron chi connectivity index (χ2n) is 6.00. The first kappa shape index (κ1) is 16.6. The van der Waals surface area contributed by atoms with E-state index in [4.69, 9.17) is 4.74 Å². The minimum Gasteiger partial charge on any atom is -0.496 e.